The third-order valence-corrected chi connectivity index (χ3v) is 6.47. The summed E-state index contributed by atoms with van der Waals surface area (Å²) in [5.41, 5.74) is 1.02. The second-order valence-electron chi connectivity index (χ2n) is 8.89. The molecule has 7 nitrogen and oxygen atoms in total. The molecule has 0 amide bonds. The molecule has 3 aromatic rings. The van der Waals surface area contributed by atoms with Crippen molar-refractivity contribution in [3.8, 4) is 22.7 Å². The van der Waals surface area contributed by atoms with Crippen LogP contribution in [-0.2, 0) is 0 Å². The van der Waals surface area contributed by atoms with Crippen LogP contribution < -0.4 is 10.2 Å². The number of halogens is 1. The van der Waals surface area contributed by atoms with E-state index in [1.807, 2.05) is 41.6 Å². The van der Waals surface area contributed by atoms with E-state index < -0.39 is 11.7 Å². The van der Waals surface area contributed by atoms with Crippen molar-refractivity contribution in [2.24, 2.45) is 0 Å². The van der Waals surface area contributed by atoms with Crippen molar-refractivity contribution in [3.63, 3.8) is 0 Å². The van der Waals surface area contributed by atoms with E-state index in [-0.39, 0.29) is 17.3 Å². The van der Waals surface area contributed by atoms with Crippen LogP contribution in [0.4, 0.5) is 10.2 Å². The number of nitrogens with one attached hydrogen (secondary N) is 1. The van der Waals surface area contributed by atoms with Crippen LogP contribution in [0.25, 0.3) is 16.9 Å². The van der Waals surface area contributed by atoms with Gasteiger partial charge in [0.1, 0.15) is 11.9 Å². The molecule has 2 aliphatic heterocycles. The number of rotatable bonds is 4. The molecule has 160 valence electrons. The predicted octanol–water partition coefficient (Wildman–Crippen LogP) is 3.26. The second kappa shape index (κ2) is 6.88. The third-order valence-electron chi connectivity index (χ3n) is 6.47. The minimum absolute atomic E-state index is 0.104. The molecule has 31 heavy (non-hydrogen) atoms. The highest BCUT2D eigenvalue weighted by Gasteiger charge is 2.53. The van der Waals surface area contributed by atoms with E-state index in [0.717, 1.165) is 5.69 Å². The highest BCUT2D eigenvalue weighted by atomic mass is 19.1. The summed E-state index contributed by atoms with van der Waals surface area (Å²) in [6, 6.07) is 8.63. The Labute approximate surface area is 180 Å². The first-order chi connectivity index (χ1) is 14.8. The quantitative estimate of drug-likeness (QED) is 0.631. The number of hydrogen-bond donors (Lipinski definition) is 2. The lowest BCUT2D eigenvalue weighted by atomic mass is 9.81. The number of imidazole rings is 1. The van der Waals surface area contributed by atoms with Gasteiger partial charge in [0, 0.05) is 36.6 Å². The Bertz CT molecular complexity index is 1130. The summed E-state index contributed by atoms with van der Waals surface area (Å²) in [7, 11) is 1.86. The van der Waals surface area contributed by atoms with Gasteiger partial charge in [0.25, 0.3) is 0 Å². The lowest BCUT2D eigenvalue weighted by molar-refractivity contribution is 0.100. The third kappa shape index (κ3) is 3.27. The number of phenolic OH excluding ortho intramolecular Hbond substituents is 1. The highest BCUT2D eigenvalue weighted by molar-refractivity contribution is 5.69. The van der Waals surface area contributed by atoms with E-state index in [1.54, 1.807) is 36.9 Å². The molecule has 1 aromatic carbocycles. The van der Waals surface area contributed by atoms with Gasteiger partial charge in [-0.25, -0.2) is 9.37 Å². The molecule has 1 fully saturated rings. The maximum absolute atomic E-state index is 15.3. The highest BCUT2D eigenvalue weighted by Crippen LogP contribution is 2.41. The Morgan fingerprint density at radius 1 is 1.19 bits per heavy atom. The Balaban J connectivity index is 1.38. The van der Waals surface area contributed by atoms with E-state index in [0.29, 0.717) is 23.5 Å². The fourth-order valence-corrected chi connectivity index (χ4v) is 4.74. The van der Waals surface area contributed by atoms with Gasteiger partial charge >= 0.3 is 0 Å². The van der Waals surface area contributed by atoms with E-state index in [9.17, 15) is 5.11 Å². The fraction of sp³-hybridized carbons (Fsp3) is 0.348. The Morgan fingerprint density at radius 2 is 2.03 bits per heavy atom. The summed E-state index contributed by atoms with van der Waals surface area (Å²) in [6.45, 7) is 3.98. The van der Waals surface area contributed by atoms with Crippen molar-refractivity contribution in [1.29, 1.82) is 0 Å². The van der Waals surface area contributed by atoms with Crippen molar-refractivity contribution in [1.82, 2.24) is 25.1 Å². The van der Waals surface area contributed by atoms with Crippen molar-refractivity contribution in [2.75, 3.05) is 11.9 Å². The standard InChI is InChI=1S/C23H25FN6O/c1-22-8-9-23(2,28-22)21(24)18(13-22)29(3)20-7-6-17(26-27-20)16-5-4-15(12-19(16)31)30-11-10-25-14-30/h4-12,14,18,21,28,31H,13H2,1-3H3/t18-,21-,22-,23+/m0/s1. The minimum Gasteiger partial charge on any atom is -0.507 e. The van der Waals surface area contributed by atoms with Gasteiger partial charge in [0.15, 0.2) is 5.82 Å². The summed E-state index contributed by atoms with van der Waals surface area (Å²) < 4.78 is 17.1. The first kappa shape index (κ1) is 19.7. The fourth-order valence-electron chi connectivity index (χ4n) is 4.74. The molecule has 0 saturated carbocycles. The van der Waals surface area contributed by atoms with Crippen LogP contribution in [0, 0.1) is 0 Å². The average Bonchev–Trinajstić information content (AvgIpc) is 3.38. The molecule has 0 radical (unpaired) electrons. The first-order valence-electron chi connectivity index (χ1n) is 10.3. The van der Waals surface area contributed by atoms with Crippen molar-refractivity contribution in [2.45, 2.75) is 43.6 Å². The van der Waals surface area contributed by atoms with E-state index in [1.165, 1.54) is 0 Å². The number of nitrogens with zero attached hydrogens (tertiary/aromatic N) is 5. The molecule has 8 heteroatoms. The SMILES string of the molecule is CN(c1ccc(-c2ccc(-n3ccnc3)cc2O)nn1)[C@H]1C[C@]2(C)C=C[C@@](C)(N2)[C@H]1F. The average molecular weight is 420 g/mol. The minimum atomic E-state index is -1.08. The van der Waals surface area contributed by atoms with Gasteiger partial charge in [0.2, 0.25) is 0 Å². The molecule has 0 spiro atoms. The second-order valence-corrected chi connectivity index (χ2v) is 8.89. The number of benzene rings is 1. The monoisotopic (exact) mass is 420 g/mol. The largest absolute Gasteiger partial charge is 0.507 e. The lowest BCUT2D eigenvalue weighted by Gasteiger charge is -2.47. The molecule has 4 atom stereocenters. The predicted molar refractivity (Wildman–Crippen MR) is 117 cm³/mol. The molecular formula is C23H25FN6O. The molecule has 1 saturated heterocycles. The molecule has 5 rings (SSSR count). The van der Waals surface area contributed by atoms with Crippen LogP contribution in [0.2, 0.25) is 0 Å². The number of piperidine rings is 1. The first-order valence-corrected chi connectivity index (χ1v) is 10.3. The van der Waals surface area contributed by atoms with E-state index >= 15 is 4.39 Å². The van der Waals surface area contributed by atoms with Gasteiger partial charge in [-0.1, -0.05) is 12.2 Å². The normalized spacial score (nSPS) is 29.3. The number of aromatic nitrogens is 4. The van der Waals surface area contributed by atoms with Crippen molar-refractivity contribution in [3.05, 3.63) is 61.2 Å². The molecule has 2 aliphatic rings. The van der Waals surface area contributed by atoms with E-state index in [4.69, 9.17) is 0 Å². The van der Waals surface area contributed by atoms with Gasteiger partial charge in [-0.15, -0.1) is 10.2 Å². The summed E-state index contributed by atoms with van der Waals surface area (Å²) in [4.78, 5) is 5.89. The number of fused-ring (bicyclic) bond motifs is 2. The van der Waals surface area contributed by atoms with Gasteiger partial charge in [-0.2, -0.15) is 0 Å². The number of phenols is 1. The zero-order valence-electron chi connectivity index (χ0n) is 17.7. The van der Waals surface area contributed by atoms with Crippen LogP contribution in [0.15, 0.2) is 61.2 Å². The van der Waals surface area contributed by atoms with Crippen LogP contribution >= 0.6 is 0 Å². The Morgan fingerprint density at radius 3 is 2.71 bits per heavy atom. The van der Waals surface area contributed by atoms with Gasteiger partial charge in [-0.05, 0) is 44.5 Å². The molecule has 0 aliphatic carbocycles. The molecule has 2 bridgehead atoms. The van der Waals surface area contributed by atoms with Gasteiger partial charge < -0.3 is 14.6 Å². The molecule has 2 N–H and O–H groups in total. The summed E-state index contributed by atoms with van der Waals surface area (Å²) in [6.07, 6.45) is 8.72. The van der Waals surface area contributed by atoms with Crippen LogP contribution in [0.5, 0.6) is 5.75 Å². The molecule has 0 unspecified atom stereocenters. The Kier molecular flexibility index (Phi) is 4.37. The Hall–Kier alpha value is -3.26. The summed E-state index contributed by atoms with van der Waals surface area (Å²) >= 11 is 0. The maximum atomic E-state index is 15.3. The van der Waals surface area contributed by atoms with Crippen molar-refractivity contribution >= 4 is 5.82 Å². The molecule has 4 heterocycles. The van der Waals surface area contributed by atoms with Gasteiger partial charge in [0.05, 0.1) is 29.3 Å². The van der Waals surface area contributed by atoms with Crippen LogP contribution in [0.3, 0.4) is 0 Å². The maximum Gasteiger partial charge on any atom is 0.151 e. The van der Waals surface area contributed by atoms with Crippen LogP contribution in [0.1, 0.15) is 20.3 Å². The van der Waals surface area contributed by atoms with Gasteiger partial charge in [-0.3, -0.25) is 5.32 Å². The topological polar surface area (TPSA) is 79.1 Å². The van der Waals surface area contributed by atoms with E-state index in [2.05, 4.69) is 33.5 Å². The smallest absolute Gasteiger partial charge is 0.151 e. The molecular weight excluding hydrogens is 395 g/mol. The number of anilines is 1. The number of aromatic hydroxyl groups is 1. The summed E-state index contributed by atoms with van der Waals surface area (Å²) in [5, 5.41) is 22.5. The lowest BCUT2D eigenvalue weighted by Crippen LogP contribution is -2.66. The van der Waals surface area contributed by atoms with Crippen molar-refractivity contribution < 1.29 is 9.50 Å². The number of hydrogen-bond acceptors (Lipinski definition) is 6. The number of alkyl halides is 1. The zero-order chi connectivity index (χ0) is 21.8. The molecule has 2 aromatic heterocycles. The zero-order valence-corrected chi connectivity index (χ0v) is 17.7. The summed E-state index contributed by atoms with van der Waals surface area (Å²) in [5.74, 6) is 0.701. The van der Waals surface area contributed by atoms with Crippen LogP contribution in [-0.4, -0.2) is 55.2 Å².